The Balaban J connectivity index is 2.10. The van der Waals surface area contributed by atoms with Gasteiger partial charge in [-0.1, -0.05) is 40.2 Å². The summed E-state index contributed by atoms with van der Waals surface area (Å²) in [5.74, 6) is -0.583. The van der Waals surface area contributed by atoms with Gasteiger partial charge in [0.05, 0.1) is 11.9 Å². The number of benzene rings is 1. The fourth-order valence-electron chi connectivity index (χ4n) is 1.88. The topological polar surface area (TPSA) is 94.9 Å². The van der Waals surface area contributed by atoms with Gasteiger partial charge in [0.1, 0.15) is 0 Å². The molecule has 0 saturated carbocycles. The molecule has 2 aromatic rings. The SMILES string of the molecule is NC(=O)c1nc(CCc2cccc(CBr)c2)cnc1N. The third-order valence-corrected chi connectivity index (χ3v) is 3.55. The Morgan fingerprint density at radius 1 is 1.25 bits per heavy atom. The molecule has 1 aromatic heterocycles. The van der Waals surface area contributed by atoms with Crippen molar-refractivity contribution >= 4 is 27.7 Å². The molecule has 0 radical (unpaired) electrons. The predicted molar refractivity (Wildman–Crippen MR) is 81.4 cm³/mol. The maximum atomic E-state index is 11.2. The summed E-state index contributed by atoms with van der Waals surface area (Å²) in [5, 5.41) is 0.828. The van der Waals surface area contributed by atoms with E-state index in [-0.39, 0.29) is 11.5 Å². The summed E-state index contributed by atoms with van der Waals surface area (Å²) in [5.41, 5.74) is 13.9. The van der Waals surface area contributed by atoms with E-state index in [9.17, 15) is 4.79 Å². The minimum atomic E-state index is -0.655. The maximum absolute atomic E-state index is 11.2. The van der Waals surface area contributed by atoms with Crippen LogP contribution in [0.5, 0.6) is 0 Å². The minimum Gasteiger partial charge on any atom is -0.382 e. The van der Waals surface area contributed by atoms with E-state index in [1.165, 1.54) is 11.1 Å². The Morgan fingerprint density at radius 3 is 2.70 bits per heavy atom. The number of halogens is 1. The molecule has 0 atom stereocenters. The Morgan fingerprint density at radius 2 is 2.00 bits per heavy atom. The smallest absolute Gasteiger partial charge is 0.271 e. The van der Waals surface area contributed by atoms with Crippen LogP contribution < -0.4 is 11.5 Å². The molecular weight excluding hydrogens is 320 g/mol. The van der Waals surface area contributed by atoms with Crippen molar-refractivity contribution < 1.29 is 4.79 Å². The molecule has 2 rings (SSSR count). The van der Waals surface area contributed by atoms with Crippen molar-refractivity contribution in [2.24, 2.45) is 5.73 Å². The van der Waals surface area contributed by atoms with E-state index in [0.29, 0.717) is 12.1 Å². The first-order valence-electron chi connectivity index (χ1n) is 6.15. The first-order chi connectivity index (χ1) is 9.60. The van der Waals surface area contributed by atoms with Crippen molar-refractivity contribution in [3.8, 4) is 0 Å². The summed E-state index contributed by atoms with van der Waals surface area (Å²) < 4.78 is 0. The van der Waals surface area contributed by atoms with Crippen LogP contribution in [-0.4, -0.2) is 15.9 Å². The fraction of sp³-hybridized carbons (Fsp3) is 0.214. The number of nitrogens with two attached hydrogens (primary N) is 2. The number of primary amides is 1. The summed E-state index contributed by atoms with van der Waals surface area (Å²) in [7, 11) is 0. The lowest BCUT2D eigenvalue weighted by Gasteiger charge is -2.05. The number of carbonyl (C=O) groups is 1. The van der Waals surface area contributed by atoms with E-state index in [4.69, 9.17) is 11.5 Å². The molecule has 4 N–H and O–H groups in total. The third kappa shape index (κ3) is 3.54. The van der Waals surface area contributed by atoms with Crippen molar-refractivity contribution in [3.63, 3.8) is 0 Å². The van der Waals surface area contributed by atoms with E-state index in [1.807, 2.05) is 6.07 Å². The Labute approximate surface area is 125 Å². The molecule has 0 aliphatic carbocycles. The zero-order valence-corrected chi connectivity index (χ0v) is 12.4. The molecule has 0 unspecified atom stereocenters. The average molecular weight is 335 g/mol. The molecule has 0 saturated heterocycles. The number of hydrogen-bond donors (Lipinski definition) is 2. The number of rotatable bonds is 5. The van der Waals surface area contributed by atoms with Crippen molar-refractivity contribution in [3.05, 3.63) is 53.0 Å². The highest BCUT2D eigenvalue weighted by Gasteiger charge is 2.10. The highest BCUT2D eigenvalue weighted by atomic mass is 79.9. The van der Waals surface area contributed by atoms with Crippen LogP contribution in [0.1, 0.15) is 27.3 Å². The molecule has 20 heavy (non-hydrogen) atoms. The van der Waals surface area contributed by atoms with Crippen LogP contribution in [-0.2, 0) is 18.2 Å². The summed E-state index contributed by atoms with van der Waals surface area (Å²) in [6.45, 7) is 0. The molecule has 104 valence electrons. The first-order valence-corrected chi connectivity index (χ1v) is 7.27. The number of anilines is 1. The Hall–Kier alpha value is -1.95. The van der Waals surface area contributed by atoms with Crippen LogP contribution in [0.2, 0.25) is 0 Å². The summed E-state index contributed by atoms with van der Waals surface area (Å²) in [6.07, 6.45) is 3.08. The Kier molecular flexibility index (Phi) is 4.68. The van der Waals surface area contributed by atoms with Gasteiger partial charge in [-0.3, -0.25) is 4.79 Å². The molecule has 0 bridgehead atoms. The molecule has 0 aliphatic rings. The molecule has 1 aromatic carbocycles. The van der Waals surface area contributed by atoms with E-state index in [1.54, 1.807) is 6.20 Å². The van der Waals surface area contributed by atoms with Gasteiger partial charge in [-0.2, -0.15) is 0 Å². The number of hydrogen-bond acceptors (Lipinski definition) is 4. The van der Waals surface area contributed by atoms with Gasteiger partial charge >= 0.3 is 0 Å². The lowest BCUT2D eigenvalue weighted by atomic mass is 10.1. The van der Waals surface area contributed by atoms with Gasteiger partial charge in [0.15, 0.2) is 11.5 Å². The fourth-order valence-corrected chi connectivity index (χ4v) is 2.23. The van der Waals surface area contributed by atoms with Gasteiger partial charge < -0.3 is 11.5 Å². The van der Waals surface area contributed by atoms with E-state index in [0.717, 1.165) is 11.8 Å². The number of amides is 1. The number of nitrogen functional groups attached to an aromatic ring is 1. The normalized spacial score (nSPS) is 10.4. The third-order valence-electron chi connectivity index (χ3n) is 2.90. The predicted octanol–water partition coefficient (Wildman–Crippen LogP) is 1.84. The summed E-state index contributed by atoms with van der Waals surface area (Å²) in [6, 6.07) is 8.28. The monoisotopic (exact) mass is 334 g/mol. The zero-order chi connectivity index (χ0) is 14.5. The Bertz CT molecular complexity index is 630. The summed E-state index contributed by atoms with van der Waals surface area (Å²) in [4.78, 5) is 19.3. The minimum absolute atomic E-state index is 0.0386. The van der Waals surface area contributed by atoms with E-state index < -0.39 is 5.91 Å². The second kappa shape index (κ2) is 6.47. The highest BCUT2D eigenvalue weighted by molar-refractivity contribution is 9.08. The van der Waals surface area contributed by atoms with Gasteiger partial charge in [-0.05, 0) is 24.0 Å². The average Bonchev–Trinajstić information content (AvgIpc) is 2.46. The van der Waals surface area contributed by atoms with E-state index >= 15 is 0 Å². The molecule has 6 heteroatoms. The largest absolute Gasteiger partial charge is 0.382 e. The van der Waals surface area contributed by atoms with Crippen molar-refractivity contribution in [1.29, 1.82) is 0 Å². The number of aromatic nitrogens is 2. The number of nitrogens with zero attached hydrogens (tertiary/aromatic N) is 2. The molecule has 5 nitrogen and oxygen atoms in total. The molecule has 0 spiro atoms. The first kappa shape index (κ1) is 14.5. The van der Waals surface area contributed by atoms with Gasteiger partial charge in [-0.25, -0.2) is 9.97 Å². The number of aryl methyl sites for hydroxylation is 2. The van der Waals surface area contributed by atoms with Crippen LogP contribution in [0, 0.1) is 0 Å². The second-order valence-corrected chi connectivity index (χ2v) is 4.97. The molecule has 0 fully saturated rings. The highest BCUT2D eigenvalue weighted by Crippen LogP contribution is 2.12. The van der Waals surface area contributed by atoms with Crippen molar-refractivity contribution in [2.75, 3.05) is 5.73 Å². The van der Waals surface area contributed by atoms with Crippen molar-refractivity contribution in [1.82, 2.24) is 9.97 Å². The maximum Gasteiger partial charge on any atom is 0.271 e. The van der Waals surface area contributed by atoms with Crippen LogP contribution >= 0.6 is 15.9 Å². The van der Waals surface area contributed by atoms with Crippen molar-refractivity contribution in [2.45, 2.75) is 18.2 Å². The molecule has 0 aliphatic heterocycles. The number of carbonyl (C=O) groups excluding carboxylic acids is 1. The molecule has 1 amide bonds. The quantitative estimate of drug-likeness (QED) is 0.815. The van der Waals surface area contributed by atoms with Gasteiger partial charge in [0, 0.05) is 5.33 Å². The van der Waals surface area contributed by atoms with Gasteiger partial charge in [-0.15, -0.1) is 0 Å². The summed E-state index contributed by atoms with van der Waals surface area (Å²) >= 11 is 3.43. The standard InChI is InChI=1S/C14H15BrN4O/c15-7-10-3-1-2-9(6-10)4-5-11-8-18-13(16)12(19-11)14(17)20/h1-3,6,8H,4-5,7H2,(H2,16,18)(H2,17,20). The number of alkyl halides is 1. The second-order valence-electron chi connectivity index (χ2n) is 4.41. The molecule has 1 heterocycles. The van der Waals surface area contributed by atoms with Crippen LogP contribution in [0.4, 0.5) is 5.82 Å². The zero-order valence-electron chi connectivity index (χ0n) is 10.8. The molecular formula is C14H15BrN4O. The van der Waals surface area contributed by atoms with Gasteiger partial charge in [0.2, 0.25) is 0 Å². The van der Waals surface area contributed by atoms with Crippen LogP contribution in [0.15, 0.2) is 30.5 Å². The van der Waals surface area contributed by atoms with Gasteiger partial charge in [0.25, 0.3) is 5.91 Å². The lowest BCUT2D eigenvalue weighted by Crippen LogP contribution is -2.17. The van der Waals surface area contributed by atoms with Crippen LogP contribution in [0.25, 0.3) is 0 Å². The lowest BCUT2D eigenvalue weighted by molar-refractivity contribution is 0.0996. The van der Waals surface area contributed by atoms with E-state index in [2.05, 4.69) is 44.1 Å². The van der Waals surface area contributed by atoms with Crippen LogP contribution in [0.3, 0.4) is 0 Å².